The number of aromatic nitrogens is 1. The molecule has 1 aromatic heterocycles. The molecule has 1 atom stereocenters. The third-order valence-corrected chi connectivity index (χ3v) is 3.57. The number of nitrogens with zero attached hydrogens (tertiary/aromatic N) is 1. The Morgan fingerprint density at radius 2 is 1.92 bits per heavy atom. The standard InChI is InChI=1S/C17H20ClN3O3/c1-10(2)8-14(17(23)20-15-9-11(3)24-21-15)19-16(22)12-4-6-13(18)7-5-12/h4-7,9-10,14H,8H2,1-3H3,(H,19,22)(H,20,21,23)/t14-/m0/s1. The molecule has 0 aliphatic carbocycles. The Morgan fingerprint density at radius 3 is 2.46 bits per heavy atom. The van der Waals surface area contributed by atoms with E-state index in [-0.39, 0.29) is 17.7 Å². The number of aryl methyl sites for hydroxylation is 1. The van der Waals surface area contributed by atoms with Gasteiger partial charge < -0.3 is 15.2 Å². The van der Waals surface area contributed by atoms with Crippen LogP contribution in [0, 0.1) is 12.8 Å². The zero-order valence-electron chi connectivity index (χ0n) is 13.8. The van der Waals surface area contributed by atoms with Gasteiger partial charge in [-0.15, -0.1) is 0 Å². The van der Waals surface area contributed by atoms with Crippen molar-refractivity contribution < 1.29 is 14.1 Å². The average Bonchev–Trinajstić information content (AvgIpc) is 2.91. The second-order valence-corrected chi connectivity index (χ2v) is 6.41. The van der Waals surface area contributed by atoms with Crippen LogP contribution in [0.5, 0.6) is 0 Å². The minimum atomic E-state index is -0.676. The second kappa shape index (κ2) is 7.97. The van der Waals surface area contributed by atoms with Crippen molar-refractivity contribution in [3.8, 4) is 0 Å². The normalized spacial score (nSPS) is 12.0. The molecule has 0 fully saturated rings. The average molecular weight is 350 g/mol. The van der Waals surface area contributed by atoms with Crippen molar-refractivity contribution >= 4 is 29.2 Å². The van der Waals surface area contributed by atoms with E-state index in [9.17, 15) is 9.59 Å². The van der Waals surface area contributed by atoms with Gasteiger partial charge >= 0.3 is 0 Å². The summed E-state index contributed by atoms with van der Waals surface area (Å²) in [7, 11) is 0. The van der Waals surface area contributed by atoms with Crippen molar-refractivity contribution in [2.45, 2.75) is 33.2 Å². The van der Waals surface area contributed by atoms with Crippen LogP contribution in [0.2, 0.25) is 5.02 Å². The molecule has 2 amide bonds. The van der Waals surface area contributed by atoms with E-state index < -0.39 is 6.04 Å². The van der Waals surface area contributed by atoms with Crippen LogP contribution in [-0.4, -0.2) is 23.0 Å². The molecule has 24 heavy (non-hydrogen) atoms. The van der Waals surface area contributed by atoms with E-state index in [0.717, 1.165) is 0 Å². The molecule has 128 valence electrons. The maximum Gasteiger partial charge on any atom is 0.251 e. The van der Waals surface area contributed by atoms with Crippen LogP contribution in [0.3, 0.4) is 0 Å². The molecular weight excluding hydrogens is 330 g/mol. The third kappa shape index (κ3) is 5.09. The lowest BCUT2D eigenvalue weighted by Gasteiger charge is -2.19. The molecule has 2 aromatic rings. The van der Waals surface area contributed by atoms with Gasteiger partial charge in [0.2, 0.25) is 5.91 Å². The number of hydrogen-bond acceptors (Lipinski definition) is 4. The minimum absolute atomic E-state index is 0.227. The molecule has 0 spiro atoms. The molecule has 0 aliphatic heterocycles. The number of rotatable bonds is 6. The van der Waals surface area contributed by atoms with Gasteiger partial charge in [0.15, 0.2) is 5.82 Å². The van der Waals surface area contributed by atoms with E-state index in [1.54, 1.807) is 37.3 Å². The lowest BCUT2D eigenvalue weighted by Crippen LogP contribution is -2.44. The Morgan fingerprint density at radius 1 is 1.25 bits per heavy atom. The highest BCUT2D eigenvalue weighted by atomic mass is 35.5. The molecule has 0 bridgehead atoms. The zero-order chi connectivity index (χ0) is 17.7. The monoisotopic (exact) mass is 349 g/mol. The summed E-state index contributed by atoms with van der Waals surface area (Å²) in [6, 6.07) is 7.43. The van der Waals surface area contributed by atoms with Gasteiger partial charge in [-0.05, 0) is 43.5 Å². The number of benzene rings is 1. The largest absolute Gasteiger partial charge is 0.360 e. The molecule has 2 N–H and O–H groups in total. The summed E-state index contributed by atoms with van der Waals surface area (Å²) >= 11 is 5.82. The van der Waals surface area contributed by atoms with Gasteiger partial charge in [0.1, 0.15) is 11.8 Å². The summed E-state index contributed by atoms with van der Waals surface area (Å²) < 4.78 is 4.92. The van der Waals surface area contributed by atoms with Crippen molar-refractivity contribution in [2.24, 2.45) is 5.92 Å². The quantitative estimate of drug-likeness (QED) is 0.836. The minimum Gasteiger partial charge on any atom is -0.360 e. The first-order valence-corrected chi connectivity index (χ1v) is 8.03. The van der Waals surface area contributed by atoms with Crippen molar-refractivity contribution in [3.63, 3.8) is 0 Å². The molecule has 7 heteroatoms. The first-order valence-electron chi connectivity index (χ1n) is 7.65. The molecule has 0 saturated carbocycles. The lowest BCUT2D eigenvalue weighted by atomic mass is 10.0. The van der Waals surface area contributed by atoms with Gasteiger partial charge in [-0.25, -0.2) is 0 Å². The van der Waals surface area contributed by atoms with Crippen LogP contribution in [0.4, 0.5) is 5.82 Å². The van der Waals surface area contributed by atoms with Crippen molar-refractivity contribution in [3.05, 3.63) is 46.7 Å². The number of amides is 2. The van der Waals surface area contributed by atoms with Crippen LogP contribution in [0.25, 0.3) is 0 Å². The Bertz CT molecular complexity index is 710. The van der Waals surface area contributed by atoms with Gasteiger partial charge in [0.05, 0.1) is 0 Å². The lowest BCUT2D eigenvalue weighted by molar-refractivity contribution is -0.118. The maximum atomic E-state index is 12.4. The predicted molar refractivity (Wildman–Crippen MR) is 92.0 cm³/mol. The Hall–Kier alpha value is -2.34. The number of carbonyl (C=O) groups excluding carboxylic acids is 2. The molecule has 0 radical (unpaired) electrons. The number of halogens is 1. The van der Waals surface area contributed by atoms with Crippen molar-refractivity contribution in [1.29, 1.82) is 0 Å². The van der Waals surface area contributed by atoms with E-state index in [1.165, 1.54) is 0 Å². The fourth-order valence-electron chi connectivity index (χ4n) is 2.18. The van der Waals surface area contributed by atoms with E-state index >= 15 is 0 Å². The molecular formula is C17H20ClN3O3. The molecule has 0 aliphatic rings. The molecule has 1 heterocycles. The number of carbonyl (C=O) groups is 2. The van der Waals surface area contributed by atoms with E-state index in [4.69, 9.17) is 16.1 Å². The van der Waals surface area contributed by atoms with Crippen LogP contribution in [0.1, 0.15) is 36.4 Å². The zero-order valence-corrected chi connectivity index (χ0v) is 14.6. The Labute approximate surface area is 145 Å². The van der Waals surface area contributed by atoms with Gasteiger partial charge in [-0.2, -0.15) is 0 Å². The number of nitrogens with one attached hydrogen (secondary N) is 2. The first kappa shape index (κ1) is 18.0. The highest BCUT2D eigenvalue weighted by molar-refractivity contribution is 6.30. The SMILES string of the molecule is Cc1cc(NC(=O)[C@H](CC(C)C)NC(=O)c2ccc(Cl)cc2)no1. The van der Waals surface area contributed by atoms with Gasteiger partial charge in [0.25, 0.3) is 5.91 Å². The summed E-state index contributed by atoms with van der Waals surface area (Å²) in [6.07, 6.45) is 0.502. The second-order valence-electron chi connectivity index (χ2n) is 5.97. The molecule has 0 saturated heterocycles. The topological polar surface area (TPSA) is 84.2 Å². The summed E-state index contributed by atoms with van der Waals surface area (Å²) in [5.41, 5.74) is 0.443. The van der Waals surface area contributed by atoms with Crippen LogP contribution < -0.4 is 10.6 Å². The molecule has 0 unspecified atom stereocenters. The van der Waals surface area contributed by atoms with Crippen molar-refractivity contribution in [2.75, 3.05) is 5.32 Å². The first-order chi connectivity index (χ1) is 11.3. The maximum absolute atomic E-state index is 12.4. The Kier molecular flexibility index (Phi) is 5.98. The molecule has 1 aromatic carbocycles. The Balaban J connectivity index is 2.07. The van der Waals surface area contributed by atoms with Crippen molar-refractivity contribution in [1.82, 2.24) is 10.5 Å². The number of hydrogen-bond donors (Lipinski definition) is 2. The fraction of sp³-hybridized carbons (Fsp3) is 0.353. The third-order valence-electron chi connectivity index (χ3n) is 3.31. The summed E-state index contributed by atoms with van der Waals surface area (Å²) in [5, 5.41) is 9.69. The molecule has 6 nitrogen and oxygen atoms in total. The predicted octanol–water partition coefficient (Wildman–Crippen LogP) is 3.42. The highest BCUT2D eigenvalue weighted by Gasteiger charge is 2.23. The van der Waals surface area contributed by atoms with E-state index in [1.807, 2.05) is 13.8 Å². The van der Waals surface area contributed by atoms with Crippen LogP contribution in [-0.2, 0) is 4.79 Å². The molecule has 2 rings (SSSR count). The van der Waals surface area contributed by atoms with E-state index in [2.05, 4.69) is 15.8 Å². The number of anilines is 1. The summed E-state index contributed by atoms with van der Waals surface area (Å²) in [4.78, 5) is 24.8. The smallest absolute Gasteiger partial charge is 0.251 e. The van der Waals surface area contributed by atoms with Gasteiger partial charge in [-0.3, -0.25) is 9.59 Å². The fourth-order valence-corrected chi connectivity index (χ4v) is 2.31. The summed E-state index contributed by atoms with van der Waals surface area (Å²) in [6.45, 7) is 5.69. The highest BCUT2D eigenvalue weighted by Crippen LogP contribution is 2.13. The summed E-state index contributed by atoms with van der Waals surface area (Å²) in [5.74, 6) is 0.483. The van der Waals surface area contributed by atoms with E-state index in [0.29, 0.717) is 28.6 Å². The van der Waals surface area contributed by atoms with Gasteiger partial charge in [-0.1, -0.05) is 30.6 Å². The van der Waals surface area contributed by atoms with Crippen LogP contribution in [0.15, 0.2) is 34.9 Å². The van der Waals surface area contributed by atoms with Crippen LogP contribution >= 0.6 is 11.6 Å². The van der Waals surface area contributed by atoms with Gasteiger partial charge in [0, 0.05) is 16.7 Å².